The molecular formula is C10H16N6O3. The van der Waals surface area contributed by atoms with Crippen LogP contribution in [-0.4, -0.2) is 52.7 Å². The van der Waals surface area contributed by atoms with Crippen molar-refractivity contribution in [3.63, 3.8) is 0 Å². The summed E-state index contributed by atoms with van der Waals surface area (Å²) in [6.45, 7) is 4.88. The number of nitrogens with zero attached hydrogens (tertiary/aromatic N) is 4. The summed E-state index contributed by atoms with van der Waals surface area (Å²) in [5, 5.41) is 15.9. The van der Waals surface area contributed by atoms with Crippen molar-refractivity contribution >= 4 is 17.3 Å². The van der Waals surface area contributed by atoms with Crippen molar-refractivity contribution in [2.24, 2.45) is 0 Å². The molecule has 1 fully saturated rings. The van der Waals surface area contributed by atoms with E-state index in [9.17, 15) is 10.1 Å². The van der Waals surface area contributed by atoms with Gasteiger partial charge in [-0.3, -0.25) is 15.5 Å². The van der Waals surface area contributed by atoms with Gasteiger partial charge in [-0.1, -0.05) is 0 Å². The van der Waals surface area contributed by atoms with Gasteiger partial charge in [0.15, 0.2) is 0 Å². The highest BCUT2D eigenvalue weighted by Gasteiger charge is 2.24. The smallest absolute Gasteiger partial charge is 0.354 e. The molecule has 9 heteroatoms. The summed E-state index contributed by atoms with van der Waals surface area (Å²) in [6.07, 6.45) is 1.30. The van der Waals surface area contributed by atoms with Gasteiger partial charge in [-0.25, -0.2) is 15.0 Å². The minimum atomic E-state index is -0.485. The Morgan fingerprint density at radius 1 is 1.42 bits per heavy atom. The lowest BCUT2D eigenvalue weighted by Gasteiger charge is -2.27. The van der Waals surface area contributed by atoms with Gasteiger partial charge in [0.2, 0.25) is 11.6 Å². The van der Waals surface area contributed by atoms with Gasteiger partial charge in [0.05, 0.1) is 18.1 Å². The lowest BCUT2D eigenvalue weighted by atomic mass is 10.4. The third-order valence-electron chi connectivity index (χ3n) is 2.62. The molecule has 1 aliphatic rings. The predicted molar refractivity (Wildman–Crippen MR) is 68.9 cm³/mol. The molecule has 0 spiro atoms. The highest BCUT2D eigenvalue weighted by atomic mass is 16.6. The summed E-state index contributed by atoms with van der Waals surface area (Å²) in [6, 6.07) is 0. The van der Waals surface area contributed by atoms with Gasteiger partial charge in [-0.05, 0) is 6.92 Å². The van der Waals surface area contributed by atoms with E-state index < -0.39 is 4.92 Å². The van der Waals surface area contributed by atoms with Crippen LogP contribution in [0.2, 0.25) is 0 Å². The molecule has 1 aliphatic heterocycles. The Morgan fingerprint density at radius 3 is 2.74 bits per heavy atom. The maximum absolute atomic E-state index is 11.2. The molecule has 0 aromatic carbocycles. The van der Waals surface area contributed by atoms with Crippen molar-refractivity contribution in [3.8, 4) is 0 Å². The lowest BCUT2D eigenvalue weighted by molar-refractivity contribution is -0.383. The fourth-order valence-electron chi connectivity index (χ4n) is 1.76. The van der Waals surface area contributed by atoms with Crippen LogP contribution in [0.4, 0.5) is 17.3 Å². The Balaban J connectivity index is 2.22. The van der Waals surface area contributed by atoms with Gasteiger partial charge in [0.25, 0.3) is 0 Å². The monoisotopic (exact) mass is 268 g/mol. The molecule has 1 aromatic heterocycles. The second-order valence-corrected chi connectivity index (χ2v) is 3.92. The van der Waals surface area contributed by atoms with Gasteiger partial charge in [0.1, 0.15) is 6.33 Å². The summed E-state index contributed by atoms with van der Waals surface area (Å²) in [5.41, 5.74) is 2.81. The second kappa shape index (κ2) is 6.25. The Kier molecular flexibility index (Phi) is 4.42. The van der Waals surface area contributed by atoms with E-state index in [2.05, 4.69) is 20.7 Å². The first kappa shape index (κ1) is 13.4. The molecule has 0 bridgehead atoms. The topological polar surface area (TPSA) is 105 Å². The van der Waals surface area contributed by atoms with Crippen molar-refractivity contribution in [2.45, 2.75) is 6.92 Å². The maximum Gasteiger partial charge on any atom is 0.354 e. The number of nitro groups is 1. The van der Waals surface area contributed by atoms with Crippen molar-refractivity contribution < 1.29 is 9.66 Å². The second-order valence-electron chi connectivity index (χ2n) is 3.92. The Morgan fingerprint density at radius 2 is 2.11 bits per heavy atom. The van der Waals surface area contributed by atoms with Crippen LogP contribution in [-0.2, 0) is 4.74 Å². The Labute approximate surface area is 110 Å². The number of ether oxygens (including phenoxy) is 1. The molecule has 2 heterocycles. The molecule has 104 valence electrons. The van der Waals surface area contributed by atoms with E-state index in [0.717, 1.165) is 0 Å². The van der Waals surface area contributed by atoms with Crippen LogP contribution in [0, 0.1) is 10.1 Å². The van der Waals surface area contributed by atoms with Gasteiger partial charge in [0, 0.05) is 19.6 Å². The normalized spacial score (nSPS) is 16.1. The molecule has 0 unspecified atom stereocenters. The van der Waals surface area contributed by atoms with Crippen LogP contribution in [0.25, 0.3) is 0 Å². The Bertz CT molecular complexity index is 449. The van der Waals surface area contributed by atoms with Crippen LogP contribution in [0.3, 0.4) is 0 Å². The van der Waals surface area contributed by atoms with E-state index in [0.29, 0.717) is 32.8 Å². The molecule has 0 radical (unpaired) electrons. The predicted octanol–water partition coefficient (Wildman–Crippen LogP) is 0.476. The fraction of sp³-hybridized carbons (Fsp3) is 0.600. The van der Waals surface area contributed by atoms with Crippen molar-refractivity contribution in [1.82, 2.24) is 15.0 Å². The molecule has 19 heavy (non-hydrogen) atoms. The molecule has 2 rings (SSSR count). The van der Waals surface area contributed by atoms with E-state index in [1.807, 2.05) is 11.9 Å². The van der Waals surface area contributed by atoms with E-state index in [1.54, 1.807) is 0 Å². The highest BCUT2D eigenvalue weighted by Crippen LogP contribution is 2.28. The van der Waals surface area contributed by atoms with E-state index >= 15 is 0 Å². The van der Waals surface area contributed by atoms with Gasteiger partial charge in [-0.15, -0.1) is 0 Å². The molecule has 1 saturated heterocycles. The van der Waals surface area contributed by atoms with Crippen molar-refractivity contribution in [3.05, 3.63) is 16.4 Å². The highest BCUT2D eigenvalue weighted by molar-refractivity contribution is 5.68. The van der Waals surface area contributed by atoms with Crippen LogP contribution in [0.1, 0.15) is 6.92 Å². The number of hydrogen-bond acceptors (Lipinski definition) is 8. The first-order chi connectivity index (χ1) is 9.22. The minimum absolute atomic E-state index is 0.143. The zero-order valence-corrected chi connectivity index (χ0v) is 10.6. The molecule has 9 nitrogen and oxygen atoms in total. The molecule has 1 aromatic rings. The third kappa shape index (κ3) is 3.26. The zero-order valence-electron chi connectivity index (χ0n) is 10.6. The number of aromatic nitrogens is 2. The van der Waals surface area contributed by atoms with Crippen molar-refractivity contribution in [2.75, 3.05) is 43.6 Å². The van der Waals surface area contributed by atoms with Gasteiger partial charge in [-0.2, -0.15) is 0 Å². The van der Waals surface area contributed by atoms with E-state index in [1.165, 1.54) is 6.33 Å². The van der Waals surface area contributed by atoms with E-state index in [-0.39, 0.29) is 17.3 Å². The summed E-state index contributed by atoms with van der Waals surface area (Å²) in [5.74, 6) is 0.413. The largest absolute Gasteiger partial charge is 0.379 e. The number of anilines is 2. The fourth-order valence-corrected chi connectivity index (χ4v) is 1.76. The number of nitrogens with one attached hydrogen (secondary N) is 2. The molecule has 0 aliphatic carbocycles. The van der Waals surface area contributed by atoms with E-state index in [4.69, 9.17) is 4.74 Å². The lowest BCUT2D eigenvalue weighted by Crippen LogP contribution is -2.40. The summed E-state index contributed by atoms with van der Waals surface area (Å²) in [7, 11) is 0. The average molecular weight is 268 g/mol. The molecular weight excluding hydrogens is 252 g/mol. The van der Waals surface area contributed by atoms with Crippen LogP contribution in [0.5, 0.6) is 0 Å². The number of rotatable bonds is 5. The number of hydrazine groups is 1. The van der Waals surface area contributed by atoms with Gasteiger partial charge < -0.3 is 10.1 Å². The summed E-state index contributed by atoms with van der Waals surface area (Å²) in [4.78, 5) is 18.5. The van der Waals surface area contributed by atoms with Gasteiger partial charge >= 0.3 is 5.69 Å². The van der Waals surface area contributed by atoms with Crippen LogP contribution < -0.4 is 10.7 Å². The van der Waals surface area contributed by atoms with Crippen molar-refractivity contribution in [1.29, 1.82) is 0 Å². The molecule has 0 amide bonds. The van der Waals surface area contributed by atoms with Crippen LogP contribution in [0.15, 0.2) is 6.33 Å². The molecule has 0 saturated carbocycles. The Hall–Kier alpha value is -2.00. The van der Waals surface area contributed by atoms with Crippen LogP contribution >= 0.6 is 0 Å². The molecule has 0 atom stereocenters. The minimum Gasteiger partial charge on any atom is -0.379 e. The third-order valence-corrected chi connectivity index (χ3v) is 2.62. The summed E-state index contributed by atoms with van der Waals surface area (Å²) < 4.78 is 5.22. The maximum atomic E-state index is 11.2. The summed E-state index contributed by atoms with van der Waals surface area (Å²) >= 11 is 0. The molecule has 2 N–H and O–H groups in total. The number of hydrogen-bond donors (Lipinski definition) is 2. The first-order valence-corrected chi connectivity index (χ1v) is 6.05. The SMILES string of the molecule is CCNc1ncnc(NN2CCOCC2)c1[N+](=O)[O-]. The average Bonchev–Trinajstić information content (AvgIpc) is 2.40. The first-order valence-electron chi connectivity index (χ1n) is 6.05. The quantitative estimate of drug-likeness (QED) is 0.586. The zero-order chi connectivity index (χ0) is 13.7. The number of morpholine rings is 1. The standard InChI is InChI=1S/C10H16N6O3/c1-2-11-9-8(16(17)18)10(13-7-12-9)14-15-3-5-19-6-4-15/h7H,2-6H2,1H3,(H2,11,12,13,14).